The van der Waals surface area contributed by atoms with Crippen LogP contribution in [-0.4, -0.2) is 25.1 Å². The van der Waals surface area contributed by atoms with Gasteiger partial charge in [0.2, 0.25) is 0 Å². The summed E-state index contributed by atoms with van der Waals surface area (Å²) in [7, 11) is -3.44. The van der Waals surface area contributed by atoms with E-state index in [1.54, 1.807) is 13.0 Å². The normalized spacial score (nSPS) is 13.2. The Kier molecular flexibility index (Phi) is 5.45. The molecule has 1 aromatic carbocycles. The van der Waals surface area contributed by atoms with Crippen LogP contribution in [0.1, 0.15) is 18.9 Å². The van der Waals surface area contributed by atoms with Crippen molar-refractivity contribution in [3.8, 4) is 0 Å². The topological polar surface area (TPSA) is 103 Å². The maximum absolute atomic E-state index is 12.1. The van der Waals surface area contributed by atoms with Crippen LogP contribution in [0.3, 0.4) is 0 Å². The zero-order valence-corrected chi connectivity index (χ0v) is 12.8. The van der Waals surface area contributed by atoms with E-state index >= 15 is 0 Å². The number of hydrogen-bond acceptors (Lipinski definition) is 5. The highest BCUT2D eigenvalue weighted by Gasteiger charge is 2.25. The molecule has 0 saturated carbocycles. The maximum Gasteiger partial charge on any atom is 0.274 e. The highest BCUT2D eigenvalue weighted by atomic mass is 79.9. The smallest absolute Gasteiger partial charge is 0.274 e. The number of sulfone groups is 1. The Morgan fingerprint density at radius 3 is 2.63 bits per heavy atom. The van der Waals surface area contributed by atoms with Crippen molar-refractivity contribution in [2.45, 2.75) is 24.3 Å². The quantitative estimate of drug-likeness (QED) is 0.624. The molecule has 0 amide bonds. The monoisotopic (exact) mass is 350 g/mol. The summed E-state index contributed by atoms with van der Waals surface area (Å²) >= 11 is 3.13. The third kappa shape index (κ3) is 4.26. The summed E-state index contributed by atoms with van der Waals surface area (Å²) in [4.78, 5) is 10.3. The number of rotatable bonds is 6. The van der Waals surface area contributed by atoms with E-state index in [0.29, 0.717) is 10.9 Å². The molecule has 19 heavy (non-hydrogen) atoms. The van der Waals surface area contributed by atoms with Crippen LogP contribution in [0.4, 0.5) is 5.69 Å². The first kappa shape index (κ1) is 16.1. The van der Waals surface area contributed by atoms with Crippen molar-refractivity contribution >= 4 is 31.5 Å². The van der Waals surface area contributed by atoms with Crippen molar-refractivity contribution < 1.29 is 13.3 Å². The van der Waals surface area contributed by atoms with Crippen molar-refractivity contribution in [2.75, 3.05) is 6.54 Å². The van der Waals surface area contributed by atoms with Gasteiger partial charge in [0.1, 0.15) is 0 Å². The number of nitro benzene ring substituents is 1. The minimum atomic E-state index is -3.44. The predicted molar refractivity (Wildman–Crippen MR) is 76.6 cm³/mol. The number of benzene rings is 1. The molecule has 0 bridgehead atoms. The number of nitrogens with zero attached hydrogens (tertiary/aromatic N) is 1. The summed E-state index contributed by atoms with van der Waals surface area (Å²) < 4.78 is 24.7. The maximum atomic E-state index is 12.1. The van der Waals surface area contributed by atoms with Crippen molar-refractivity contribution in [2.24, 2.45) is 5.73 Å². The molecule has 1 rings (SSSR count). The minimum Gasteiger partial charge on any atom is -0.330 e. The molecular formula is C11H15BrN2O4S. The second-order valence-electron chi connectivity index (χ2n) is 4.23. The highest BCUT2D eigenvalue weighted by molar-refractivity contribution is 9.10. The molecule has 0 fully saturated rings. The molecule has 2 N–H and O–H groups in total. The van der Waals surface area contributed by atoms with E-state index in [4.69, 9.17) is 5.73 Å². The minimum absolute atomic E-state index is 0.192. The molecular weight excluding hydrogens is 336 g/mol. The van der Waals surface area contributed by atoms with Crippen LogP contribution in [0.2, 0.25) is 0 Å². The Morgan fingerprint density at radius 2 is 2.11 bits per heavy atom. The summed E-state index contributed by atoms with van der Waals surface area (Å²) in [5.41, 5.74) is 5.33. The van der Waals surface area contributed by atoms with Crippen LogP contribution in [0, 0.1) is 10.1 Å². The Morgan fingerprint density at radius 1 is 1.47 bits per heavy atom. The zero-order valence-electron chi connectivity index (χ0n) is 10.4. The lowest BCUT2D eigenvalue weighted by Crippen LogP contribution is -2.23. The predicted octanol–water partition coefficient (Wildman–Crippen LogP) is 2.01. The first-order valence-corrected chi connectivity index (χ1v) is 8.13. The molecule has 0 spiro atoms. The standard InChI is InChI=1S/C11H15BrN2O4S/c1-8(4-5-13)19(17,18)7-9-2-3-10(12)6-11(9)14(15)16/h2-3,6,8H,4-5,7,13H2,1H3. The van der Waals surface area contributed by atoms with Gasteiger partial charge in [0, 0.05) is 16.1 Å². The average Bonchev–Trinajstić information content (AvgIpc) is 2.31. The molecule has 0 aromatic heterocycles. The van der Waals surface area contributed by atoms with E-state index in [9.17, 15) is 18.5 Å². The molecule has 1 aromatic rings. The van der Waals surface area contributed by atoms with E-state index < -0.39 is 20.0 Å². The Labute approximate surface area is 120 Å². The van der Waals surface area contributed by atoms with Crippen molar-refractivity contribution in [3.05, 3.63) is 38.3 Å². The molecule has 8 heteroatoms. The second kappa shape index (κ2) is 6.44. The second-order valence-corrected chi connectivity index (χ2v) is 7.56. The Hall–Kier alpha value is -0.990. The number of nitrogens with two attached hydrogens (primary N) is 1. The van der Waals surface area contributed by atoms with Crippen molar-refractivity contribution in [1.82, 2.24) is 0 Å². The molecule has 0 aliphatic carbocycles. The van der Waals surface area contributed by atoms with Gasteiger partial charge < -0.3 is 5.73 Å². The van der Waals surface area contributed by atoms with Gasteiger partial charge in [-0.3, -0.25) is 10.1 Å². The van der Waals surface area contributed by atoms with Crippen LogP contribution in [0.5, 0.6) is 0 Å². The van der Waals surface area contributed by atoms with Gasteiger partial charge in [-0.15, -0.1) is 0 Å². The van der Waals surface area contributed by atoms with Crippen molar-refractivity contribution in [1.29, 1.82) is 0 Å². The van der Waals surface area contributed by atoms with Crippen LogP contribution in [0.25, 0.3) is 0 Å². The lowest BCUT2D eigenvalue weighted by molar-refractivity contribution is -0.385. The number of halogens is 1. The summed E-state index contributed by atoms with van der Waals surface area (Å²) in [6.45, 7) is 1.83. The van der Waals surface area contributed by atoms with Gasteiger partial charge in [-0.25, -0.2) is 8.42 Å². The molecule has 106 valence electrons. The summed E-state index contributed by atoms with van der Waals surface area (Å²) in [5.74, 6) is -0.349. The van der Waals surface area contributed by atoms with E-state index in [0.717, 1.165) is 0 Å². The summed E-state index contributed by atoms with van der Waals surface area (Å²) in [6, 6.07) is 4.35. The number of nitro groups is 1. The largest absolute Gasteiger partial charge is 0.330 e. The third-order valence-corrected chi connectivity index (χ3v) is 5.46. The SMILES string of the molecule is CC(CCN)S(=O)(=O)Cc1ccc(Br)cc1[N+](=O)[O-]. The molecule has 1 atom stereocenters. The molecule has 0 aliphatic rings. The summed E-state index contributed by atoms with van der Waals surface area (Å²) in [5, 5.41) is 10.3. The van der Waals surface area contributed by atoms with Gasteiger partial charge in [0.05, 0.1) is 15.9 Å². The summed E-state index contributed by atoms with van der Waals surface area (Å²) in [6.07, 6.45) is 0.340. The van der Waals surface area contributed by atoms with Gasteiger partial charge in [-0.1, -0.05) is 22.0 Å². The van der Waals surface area contributed by atoms with Crippen LogP contribution in [-0.2, 0) is 15.6 Å². The first-order valence-electron chi connectivity index (χ1n) is 5.62. The fraction of sp³-hybridized carbons (Fsp3) is 0.455. The zero-order chi connectivity index (χ0) is 14.6. The van der Waals surface area contributed by atoms with Crippen molar-refractivity contribution in [3.63, 3.8) is 0 Å². The van der Waals surface area contributed by atoms with Crippen LogP contribution < -0.4 is 5.73 Å². The Balaban J connectivity index is 3.09. The van der Waals surface area contributed by atoms with Crippen LogP contribution in [0.15, 0.2) is 22.7 Å². The highest BCUT2D eigenvalue weighted by Crippen LogP contribution is 2.26. The molecule has 0 heterocycles. The molecule has 0 radical (unpaired) electrons. The fourth-order valence-corrected chi connectivity index (χ4v) is 3.41. The van der Waals surface area contributed by atoms with Gasteiger partial charge in [0.15, 0.2) is 9.84 Å². The average molecular weight is 351 g/mol. The van der Waals surface area contributed by atoms with E-state index in [-0.39, 0.29) is 23.5 Å². The van der Waals surface area contributed by atoms with E-state index in [2.05, 4.69) is 15.9 Å². The number of hydrogen-bond donors (Lipinski definition) is 1. The molecule has 6 nitrogen and oxygen atoms in total. The lowest BCUT2D eigenvalue weighted by Gasteiger charge is -2.12. The van der Waals surface area contributed by atoms with Gasteiger partial charge >= 0.3 is 0 Å². The lowest BCUT2D eigenvalue weighted by atomic mass is 10.2. The van der Waals surface area contributed by atoms with Gasteiger partial charge in [0.25, 0.3) is 5.69 Å². The molecule has 0 aliphatic heterocycles. The van der Waals surface area contributed by atoms with E-state index in [1.165, 1.54) is 12.1 Å². The van der Waals surface area contributed by atoms with Gasteiger partial charge in [-0.2, -0.15) is 0 Å². The van der Waals surface area contributed by atoms with Crippen LogP contribution >= 0.6 is 15.9 Å². The third-order valence-electron chi connectivity index (χ3n) is 2.79. The van der Waals surface area contributed by atoms with E-state index in [1.807, 2.05) is 0 Å². The molecule has 1 unspecified atom stereocenters. The van der Waals surface area contributed by atoms with Gasteiger partial charge in [-0.05, 0) is 26.0 Å². The fourth-order valence-electron chi connectivity index (χ4n) is 1.60. The molecule has 0 saturated heterocycles. The Bertz CT molecular complexity index is 574. The first-order chi connectivity index (χ1) is 8.77.